The molecule has 0 aliphatic rings. The first kappa shape index (κ1) is 18.1. The van der Waals surface area contributed by atoms with Crippen LogP contribution in [0.2, 0.25) is 0 Å². The summed E-state index contributed by atoms with van der Waals surface area (Å²) in [6.45, 7) is 2.17. The molecule has 0 amide bonds. The summed E-state index contributed by atoms with van der Waals surface area (Å²) in [5, 5.41) is 12.5. The molecule has 0 spiro atoms. The number of ether oxygens (including phenoxy) is 2. The Labute approximate surface area is 142 Å². The number of carboxylic acid groups (broad SMARTS) is 1. The summed E-state index contributed by atoms with van der Waals surface area (Å²) in [6, 6.07) is 16.4. The SMILES string of the molecule is COCCOCc1ccc(CN[C@@H](C(=O)O)c2ccccc2)cc1. The van der Waals surface area contributed by atoms with Crippen LogP contribution in [-0.4, -0.2) is 31.4 Å². The molecule has 0 radical (unpaired) electrons. The minimum Gasteiger partial charge on any atom is -0.480 e. The van der Waals surface area contributed by atoms with Crippen LogP contribution in [0.1, 0.15) is 22.7 Å². The Bertz CT molecular complexity index is 613. The molecule has 0 saturated heterocycles. The van der Waals surface area contributed by atoms with Crippen LogP contribution in [0.5, 0.6) is 0 Å². The van der Waals surface area contributed by atoms with E-state index in [2.05, 4.69) is 5.32 Å². The molecule has 0 fully saturated rings. The highest BCUT2D eigenvalue weighted by atomic mass is 16.5. The topological polar surface area (TPSA) is 67.8 Å². The predicted octanol–water partition coefficient (Wildman–Crippen LogP) is 2.77. The van der Waals surface area contributed by atoms with Crippen LogP contribution >= 0.6 is 0 Å². The number of hydrogen-bond donors (Lipinski definition) is 2. The Morgan fingerprint density at radius 1 is 1.04 bits per heavy atom. The van der Waals surface area contributed by atoms with Crippen molar-refractivity contribution < 1.29 is 19.4 Å². The number of nitrogens with one attached hydrogen (secondary N) is 1. The summed E-state index contributed by atoms with van der Waals surface area (Å²) in [4.78, 5) is 11.5. The second-order valence-corrected chi connectivity index (χ2v) is 5.42. The molecule has 0 heterocycles. The van der Waals surface area contributed by atoms with Crippen LogP contribution in [0.25, 0.3) is 0 Å². The highest BCUT2D eigenvalue weighted by molar-refractivity contribution is 5.75. The minimum absolute atomic E-state index is 0.483. The largest absolute Gasteiger partial charge is 0.480 e. The van der Waals surface area contributed by atoms with Gasteiger partial charge in [0.25, 0.3) is 0 Å². The average Bonchev–Trinajstić information content (AvgIpc) is 2.61. The molecule has 2 rings (SSSR count). The van der Waals surface area contributed by atoms with Crippen LogP contribution in [0.3, 0.4) is 0 Å². The number of aliphatic carboxylic acids is 1. The lowest BCUT2D eigenvalue weighted by Gasteiger charge is -2.15. The lowest BCUT2D eigenvalue weighted by atomic mass is 10.1. The molecule has 0 aliphatic carbocycles. The van der Waals surface area contributed by atoms with Gasteiger partial charge in [-0.1, -0.05) is 54.6 Å². The first-order chi connectivity index (χ1) is 11.7. The Hall–Kier alpha value is -2.21. The maximum absolute atomic E-state index is 11.5. The molecule has 0 bridgehead atoms. The fourth-order valence-electron chi connectivity index (χ4n) is 2.30. The van der Waals surface area contributed by atoms with Crippen LogP contribution < -0.4 is 5.32 Å². The number of benzene rings is 2. The van der Waals surface area contributed by atoms with E-state index in [1.807, 2.05) is 54.6 Å². The average molecular weight is 329 g/mol. The van der Waals surface area contributed by atoms with E-state index in [-0.39, 0.29) is 0 Å². The Morgan fingerprint density at radius 2 is 1.71 bits per heavy atom. The minimum atomic E-state index is -0.885. The van der Waals surface area contributed by atoms with Gasteiger partial charge in [0, 0.05) is 13.7 Å². The second kappa shape index (κ2) is 9.82. The number of carbonyl (C=O) groups is 1. The normalized spacial score (nSPS) is 12.0. The standard InChI is InChI=1S/C19H23NO4/c1-23-11-12-24-14-16-9-7-15(8-10-16)13-20-18(19(21)22)17-5-3-2-4-6-17/h2-10,18,20H,11-14H2,1H3,(H,21,22)/t18-/m1/s1. The van der Waals surface area contributed by atoms with E-state index in [0.717, 1.165) is 16.7 Å². The zero-order chi connectivity index (χ0) is 17.2. The van der Waals surface area contributed by atoms with E-state index < -0.39 is 12.0 Å². The molecule has 0 aliphatic heterocycles. The van der Waals surface area contributed by atoms with Crippen LogP contribution in [-0.2, 0) is 27.4 Å². The maximum Gasteiger partial charge on any atom is 0.325 e. The van der Waals surface area contributed by atoms with Crippen molar-refractivity contribution in [2.24, 2.45) is 0 Å². The summed E-state index contributed by atoms with van der Waals surface area (Å²) in [5.41, 5.74) is 2.85. The molecule has 2 aromatic rings. The molecule has 1 atom stereocenters. The molecular formula is C19H23NO4. The summed E-state index contributed by atoms with van der Waals surface area (Å²) < 4.78 is 10.4. The predicted molar refractivity (Wildman–Crippen MR) is 91.6 cm³/mol. The molecule has 0 saturated carbocycles. The molecule has 5 heteroatoms. The van der Waals surface area contributed by atoms with Crippen molar-refractivity contribution in [1.29, 1.82) is 0 Å². The van der Waals surface area contributed by atoms with Gasteiger partial charge in [-0.25, -0.2) is 0 Å². The molecule has 2 N–H and O–H groups in total. The fourth-order valence-corrected chi connectivity index (χ4v) is 2.30. The highest BCUT2D eigenvalue weighted by Gasteiger charge is 2.18. The van der Waals surface area contributed by atoms with E-state index in [4.69, 9.17) is 9.47 Å². The summed E-state index contributed by atoms with van der Waals surface area (Å²) in [6.07, 6.45) is 0. The quantitative estimate of drug-likeness (QED) is 0.656. The summed E-state index contributed by atoms with van der Waals surface area (Å²) in [5.74, 6) is -0.885. The van der Waals surface area contributed by atoms with Crippen molar-refractivity contribution in [2.75, 3.05) is 20.3 Å². The van der Waals surface area contributed by atoms with E-state index in [1.165, 1.54) is 0 Å². The molecule has 0 aromatic heterocycles. The van der Waals surface area contributed by atoms with Crippen molar-refractivity contribution in [2.45, 2.75) is 19.2 Å². The Balaban J connectivity index is 1.87. The number of carboxylic acids is 1. The third-order valence-electron chi connectivity index (χ3n) is 3.61. The van der Waals surface area contributed by atoms with Gasteiger partial charge in [0.05, 0.1) is 19.8 Å². The van der Waals surface area contributed by atoms with Gasteiger partial charge in [-0.05, 0) is 16.7 Å². The smallest absolute Gasteiger partial charge is 0.325 e. The number of methoxy groups -OCH3 is 1. The van der Waals surface area contributed by atoms with Crippen LogP contribution in [0.15, 0.2) is 54.6 Å². The first-order valence-corrected chi connectivity index (χ1v) is 7.86. The molecule has 24 heavy (non-hydrogen) atoms. The van der Waals surface area contributed by atoms with Crippen molar-refractivity contribution in [3.8, 4) is 0 Å². The second-order valence-electron chi connectivity index (χ2n) is 5.42. The van der Waals surface area contributed by atoms with Gasteiger partial charge in [0.1, 0.15) is 6.04 Å². The zero-order valence-electron chi connectivity index (χ0n) is 13.8. The number of hydrogen-bond acceptors (Lipinski definition) is 4. The van der Waals surface area contributed by atoms with Gasteiger partial charge in [-0.15, -0.1) is 0 Å². The van der Waals surface area contributed by atoms with Gasteiger partial charge in [-0.3, -0.25) is 10.1 Å². The highest BCUT2D eigenvalue weighted by Crippen LogP contribution is 2.14. The van der Waals surface area contributed by atoms with Crippen molar-refractivity contribution >= 4 is 5.97 Å². The van der Waals surface area contributed by atoms with Crippen molar-refractivity contribution in [1.82, 2.24) is 5.32 Å². The fraction of sp³-hybridized carbons (Fsp3) is 0.316. The monoisotopic (exact) mass is 329 g/mol. The third kappa shape index (κ3) is 5.77. The van der Waals surface area contributed by atoms with E-state index in [0.29, 0.717) is 26.4 Å². The van der Waals surface area contributed by atoms with E-state index in [1.54, 1.807) is 7.11 Å². The Morgan fingerprint density at radius 3 is 2.33 bits per heavy atom. The molecule has 128 valence electrons. The van der Waals surface area contributed by atoms with Gasteiger partial charge in [0.15, 0.2) is 0 Å². The van der Waals surface area contributed by atoms with Crippen molar-refractivity contribution in [3.05, 3.63) is 71.3 Å². The van der Waals surface area contributed by atoms with Crippen molar-refractivity contribution in [3.63, 3.8) is 0 Å². The lowest BCUT2D eigenvalue weighted by molar-refractivity contribution is -0.139. The molecular weight excluding hydrogens is 306 g/mol. The van der Waals surface area contributed by atoms with Gasteiger partial charge in [-0.2, -0.15) is 0 Å². The van der Waals surface area contributed by atoms with Gasteiger partial charge in [0.2, 0.25) is 0 Å². The lowest BCUT2D eigenvalue weighted by Crippen LogP contribution is -2.28. The summed E-state index contributed by atoms with van der Waals surface area (Å²) in [7, 11) is 1.64. The molecule has 2 aromatic carbocycles. The van der Waals surface area contributed by atoms with Gasteiger partial charge >= 0.3 is 5.97 Å². The van der Waals surface area contributed by atoms with Gasteiger partial charge < -0.3 is 14.6 Å². The first-order valence-electron chi connectivity index (χ1n) is 7.86. The maximum atomic E-state index is 11.5. The zero-order valence-corrected chi connectivity index (χ0v) is 13.8. The Kier molecular flexibility index (Phi) is 7.42. The molecule has 0 unspecified atom stereocenters. The van der Waals surface area contributed by atoms with Crippen LogP contribution in [0, 0.1) is 0 Å². The van der Waals surface area contributed by atoms with E-state index in [9.17, 15) is 9.90 Å². The van der Waals surface area contributed by atoms with E-state index >= 15 is 0 Å². The van der Waals surface area contributed by atoms with Crippen LogP contribution in [0.4, 0.5) is 0 Å². The third-order valence-corrected chi connectivity index (χ3v) is 3.61. The summed E-state index contributed by atoms with van der Waals surface area (Å²) >= 11 is 0. The number of rotatable bonds is 10. The molecule has 5 nitrogen and oxygen atoms in total.